The van der Waals surface area contributed by atoms with Gasteiger partial charge in [0.25, 0.3) is 0 Å². The molecule has 12 heteroatoms. The van der Waals surface area contributed by atoms with Gasteiger partial charge in [0.15, 0.2) is 34.9 Å². The van der Waals surface area contributed by atoms with Crippen molar-refractivity contribution in [1.29, 1.82) is 0 Å². The minimum atomic E-state index is -3.65. The Balaban J connectivity index is 0.00000117. The normalized spacial score (nSPS) is 15.4. The molecule has 1 unspecified atom stereocenters. The van der Waals surface area contributed by atoms with Gasteiger partial charge in [0.2, 0.25) is 0 Å². The third-order valence-corrected chi connectivity index (χ3v) is 14.6. The Morgan fingerprint density at radius 3 is 1.18 bits per heavy atom. The molecule has 0 radical (unpaired) electrons. The zero-order valence-corrected chi connectivity index (χ0v) is 34.3. The minimum Gasteiger partial charge on any atom is -0.207 e. The van der Waals surface area contributed by atoms with Crippen LogP contribution in [-0.2, 0) is 0 Å². The monoisotopic (exact) mass is 818 g/mol. The highest BCUT2D eigenvalue weighted by atomic mass is 31.1. The zero-order valence-electron chi connectivity index (χ0n) is 33.3. The minimum absolute atomic E-state index is 0.0123. The summed E-state index contributed by atoms with van der Waals surface area (Å²) in [5.74, 6) is -25.1. The van der Waals surface area contributed by atoms with Gasteiger partial charge < -0.3 is 0 Å². The molecule has 5 aromatic carbocycles. The molecule has 57 heavy (non-hydrogen) atoms. The van der Waals surface area contributed by atoms with Crippen LogP contribution in [0.25, 0.3) is 22.3 Å². The smallest absolute Gasteiger partial charge is 0.200 e. The maximum Gasteiger partial charge on any atom is 0.200 e. The highest BCUT2D eigenvalue weighted by Gasteiger charge is 2.43. The zero-order chi connectivity index (χ0) is 42.2. The number of hydrogen-bond donors (Lipinski definition) is 0. The highest BCUT2D eigenvalue weighted by Crippen LogP contribution is 2.53. The molecule has 1 aliphatic heterocycles. The standard InChI is InChI=1S/C40H33BF10P.C5H12/c1-17-12-19(3)26(20(4)13-17)24-8-7-9-25(27-21(5)14-18(2)15-22(27)6)40(24)52-11-10-23(16-52)41(28-30(42)34(46)38(50)35(47)31(28)43)29-32(44)36(48)39(51)37(49)33(29)45;1-3-5-4-2/h7-9,12-15,23,41H,10-11,16H2,1-6H3;3-5H2,1-2H3/q-1;/p+1/t23-,52?;/m1./s1. The molecule has 5 aromatic rings. The van der Waals surface area contributed by atoms with Crippen LogP contribution in [0.3, 0.4) is 0 Å². The summed E-state index contributed by atoms with van der Waals surface area (Å²) >= 11 is 0. The molecule has 0 amide bonds. The molecule has 1 fully saturated rings. The van der Waals surface area contributed by atoms with Crippen molar-refractivity contribution in [2.75, 3.05) is 12.3 Å². The Hall–Kier alpha value is -4.11. The molecule has 0 nitrogen and oxygen atoms in total. The molecule has 0 spiro atoms. The van der Waals surface area contributed by atoms with Crippen LogP contribution in [0.4, 0.5) is 43.9 Å². The fourth-order valence-electron chi connectivity index (χ4n) is 9.14. The van der Waals surface area contributed by atoms with E-state index in [1.165, 1.54) is 19.3 Å². The van der Waals surface area contributed by atoms with Crippen molar-refractivity contribution in [2.24, 2.45) is 0 Å². The molecular formula is C45H46BF10P. The fraction of sp³-hybridized carbons (Fsp3) is 0.333. The lowest BCUT2D eigenvalue weighted by molar-refractivity contribution is 0.381. The lowest BCUT2D eigenvalue weighted by Gasteiger charge is -2.32. The number of aryl methyl sites for hydroxylation is 6. The number of benzene rings is 5. The SMILES string of the molecule is CCCCC.Cc1cc(C)c(-c2cccc(-c3c(C)cc(C)cc3C)c2[PH+]2CC[C@@H]([BH-](c3c(F)c(F)c(F)c(F)c3F)c3c(F)c(F)c(F)c(F)c3F)C2)c(C)c1. The highest BCUT2D eigenvalue weighted by molar-refractivity contribution is 7.66. The molecule has 0 N–H and O–H groups in total. The lowest BCUT2D eigenvalue weighted by Crippen LogP contribution is -2.53. The number of unbranched alkanes of at least 4 members (excludes halogenated alkanes) is 2. The summed E-state index contributed by atoms with van der Waals surface area (Å²) in [5, 5.41) is 0.896. The molecular weight excluding hydrogens is 772 g/mol. The van der Waals surface area contributed by atoms with E-state index in [0.29, 0.717) is 6.16 Å². The largest absolute Gasteiger partial charge is 0.207 e. The Kier molecular flexibility index (Phi) is 13.7. The predicted molar refractivity (Wildman–Crippen MR) is 216 cm³/mol. The third-order valence-electron chi connectivity index (χ3n) is 11.3. The van der Waals surface area contributed by atoms with E-state index in [0.717, 1.165) is 60.9 Å². The van der Waals surface area contributed by atoms with Crippen LogP contribution in [0.15, 0.2) is 42.5 Å². The van der Waals surface area contributed by atoms with Crippen molar-refractivity contribution in [3.63, 3.8) is 0 Å². The lowest BCUT2D eigenvalue weighted by atomic mass is 9.33. The Morgan fingerprint density at radius 1 is 0.526 bits per heavy atom. The molecule has 0 saturated carbocycles. The summed E-state index contributed by atoms with van der Waals surface area (Å²) < 4.78 is 149. The van der Waals surface area contributed by atoms with E-state index in [1.54, 1.807) is 0 Å². The van der Waals surface area contributed by atoms with E-state index in [1.807, 2.05) is 84.0 Å². The fourth-order valence-corrected chi connectivity index (χ4v) is 12.9. The molecule has 0 bridgehead atoms. The first-order chi connectivity index (χ1) is 26.9. The van der Waals surface area contributed by atoms with Gasteiger partial charge in [-0.2, -0.15) is 0 Å². The van der Waals surface area contributed by atoms with Crippen LogP contribution in [0.5, 0.6) is 0 Å². The van der Waals surface area contributed by atoms with Crippen LogP contribution in [0.1, 0.15) is 72.9 Å². The van der Waals surface area contributed by atoms with Crippen molar-refractivity contribution in [1.82, 2.24) is 0 Å². The maximum atomic E-state index is 15.6. The van der Waals surface area contributed by atoms with E-state index in [-0.39, 0.29) is 12.6 Å². The predicted octanol–water partition coefficient (Wildman–Crippen LogP) is 12.1. The van der Waals surface area contributed by atoms with Crippen molar-refractivity contribution in [3.8, 4) is 22.3 Å². The van der Waals surface area contributed by atoms with Gasteiger partial charge in [-0.15, -0.1) is 16.7 Å². The van der Waals surface area contributed by atoms with Gasteiger partial charge in [-0.3, -0.25) is 0 Å². The van der Waals surface area contributed by atoms with E-state index in [4.69, 9.17) is 0 Å². The van der Waals surface area contributed by atoms with Crippen LogP contribution < -0.4 is 16.2 Å². The van der Waals surface area contributed by atoms with Crippen molar-refractivity contribution < 1.29 is 43.9 Å². The van der Waals surface area contributed by atoms with Gasteiger partial charge in [-0.25, -0.2) is 43.9 Å². The van der Waals surface area contributed by atoms with Crippen LogP contribution in [0.2, 0.25) is 5.82 Å². The molecule has 6 rings (SSSR count). The first kappa shape index (κ1) is 44.0. The number of rotatable bonds is 8. The van der Waals surface area contributed by atoms with Gasteiger partial charge in [-0.1, -0.05) is 86.7 Å². The second-order valence-electron chi connectivity index (χ2n) is 15.5. The van der Waals surface area contributed by atoms with Crippen molar-refractivity contribution >= 4 is 30.9 Å². The molecule has 1 heterocycles. The Morgan fingerprint density at radius 2 is 0.860 bits per heavy atom. The summed E-state index contributed by atoms with van der Waals surface area (Å²) in [7, 11) is -1.93. The second kappa shape index (κ2) is 17.8. The maximum absolute atomic E-state index is 15.6. The van der Waals surface area contributed by atoms with E-state index in [2.05, 4.69) is 13.8 Å². The van der Waals surface area contributed by atoms with Gasteiger partial charge in [0.1, 0.15) is 28.6 Å². The molecule has 1 aliphatic rings. The van der Waals surface area contributed by atoms with Crippen LogP contribution in [0, 0.1) is 99.7 Å². The van der Waals surface area contributed by atoms with Gasteiger partial charge in [-0.05, 0) is 81.3 Å². The second-order valence-corrected chi connectivity index (χ2v) is 18.1. The molecule has 0 aliphatic carbocycles. The summed E-state index contributed by atoms with van der Waals surface area (Å²) in [5.41, 5.74) is 6.43. The average molecular weight is 819 g/mol. The van der Waals surface area contributed by atoms with E-state index in [9.17, 15) is 26.3 Å². The first-order valence-corrected chi connectivity index (χ1v) is 21.2. The Bertz CT molecular complexity index is 2090. The Labute approximate surface area is 329 Å². The first-order valence-electron chi connectivity index (χ1n) is 19.2. The van der Waals surface area contributed by atoms with E-state index >= 15 is 17.6 Å². The summed E-state index contributed by atoms with van der Waals surface area (Å²) in [6, 6.07) is 13.9. The van der Waals surface area contributed by atoms with Crippen LogP contribution >= 0.6 is 7.92 Å². The third kappa shape index (κ3) is 8.28. The molecule has 304 valence electrons. The summed E-state index contributed by atoms with van der Waals surface area (Å²) in [6.07, 6.45) is 4.36. The number of halogens is 10. The van der Waals surface area contributed by atoms with Gasteiger partial charge in [0.05, 0.1) is 12.9 Å². The number of hydrogen-bond acceptors (Lipinski definition) is 0. The van der Waals surface area contributed by atoms with Crippen molar-refractivity contribution in [3.05, 3.63) is 134 Å². The summed E-state index contributed by atoms with van der Waals surface area (Å²) in [4.78, 5) is 0. The van der Waals surface area contributed by atoms with E-state index < -0.39 is 89.5 Å². The summed E-state index contributed by atoms with van der Waals surface area (Å²) in [6.45, 7) is 12.6. The quantitative estimate of drug-likeness (QED) is 0.0481. The topological polar surface area (TPSA) is 0 Å². The van der Waals surface area contributed by atoms with Crippen molar-refractivity contribution in [2.45, 2.75) is 86.9 Å². The van der Waals surface area contributed by atoms with Crippen LogP contribution in [-0.4, -0.2) is 19.0 Å². The molecule has 1 saturated heterocycles. The van der Waals surface area contributed by atoms with Gasteiger partial charge >= 0.3 is 0 Å². The molecule has 0 aromatic heterocycles. The molecule has 2 atom stereocenters. The average Bonchev–Trinajstić information content (AvgIpc) is 3.63. The van der Waals surface area contributed by atoms with Gasteiger partial charge in [0, 0.05) is 25.2 Å².